The summed E-state index contributed by atoms with van der Waals surface area (Å²) in [5, 5.41) is 1.14. The summed E-state index contributed by atoms with van der Waals surface area (Å²) >= 11 is 1.37. The smallest absolute Gasteiger partial charge is 0.338 e. The van der Waals surface area contributed by atoms with E-state index in [0.717, 1.165) is 28.6 Å². The molecule has 0 N–H and O–H groups in total. The van der Waals surface area contributed by atoms with Crippen LogP contribution in [-0.4, -0.2) is 21.7 Å². The Labute approximate surface area is 245 Å². The molecule has 41 heavy (non-hydrogen) atoms. The molecule has 2 aromatic carbocycles. The number of ether oxygens (including phenoxy) is 1. The molecule has 0 aliphatic carbocycles. The van der Waals surface area contributed by atoms with Crippen molar-refractivity contribution >= 4 is 34.3 Å². The molecule has 0 spiro atoms. The summed E-state index contributed by atoms with van der Waals surface area (Å²) < 4.78 is 10.1. The standard InChI is InChI=1S/C34H39N3O3S/c1-9-21(6)36-23(8)27(26-13-11-12-20(5)30(26)36)18-28-32(38)37-31(25-16-14-24(15-17-25)19(3)4)29(33(39)40-10-2)22(7)35-34(37)41-28/h11-19,21,31H,9-10H2,1-8H3/b28-18-/t21-,31-/m1/s1. The lowest BCUT2D eigenvalue weighted by molar-refractivity contribution is -0.139. The molecule has 0 radical (unpaired) electrons. The molecule has 7 heteroatoms. The summed E-state index contributed by atoms with van der Waals surface area (Å²) in [4.78, 5) is 32.8. The quantitative estimate of drug-likeness (QED) is 0.240. The van der Waals surface area contributed by atoms with Crippen LogP contribution in [0.2, 0.25) is 0 Å². The minimum atomic E-state index is -0.613. The van der Waals surface area contributed by atoms with Gasteiger partial charge in [-0.05, 0) is 69.7 Å². The van der Waals surface area contributed by atoms with E-state index in [1.165, 1.54) is 28.0 Å². The average Bonchev–Trinajstić information content (AvgIpc) is 3.41. The van der Waals surface area contributed by atoms with Gasteiger partial charge in [-0.15, -0.1) is 0 Å². The maximum Gasteiger partial charge on any atom is 0.338 e. The number of fused-ring (bicyclic) bond motifs is 2. The molecule has 0 saturated carbocycles. The lowest BCUT2D eigenvalue weighted by Crippen LogP contribution is -2.40. The van der Waals surface area contributed by atoms with Gasteiger partial charge in [0.25, 0.3) is 5.56 Å². The first-order valence-electron chi connectivity index (χ1n) is 14.5. The molecular formula is C34H39N3O3S. The minimum Gasteiger partial charge on any atom is -0.463 e. The highest BCUT2D eigenvalue weighted by Gasteiger charge is 2.33. The van der Waals surface area contributed by atoms with E-state index in [2.05, 4.69) is 76.4 Å². The number of rotatable bonds is 7. The molecule has 6 nitrogen and oxygen atoms in total. The fourth-order valence-corrected chi connectivity index (χ4v) is 6.93. The second-order valence-corrected chi connectivity index (χ2v) is 12.2. The Bertz CT molecular complexity index is 1850. The Kier molecular flexibility index (Phi) is 7.93. The van der Waals surface area contributed by atoms with Gasteiger partial charge in [0, 0.05) is 22.7 Å². The number of carbonyl (C=O) groups excluding carboxylic acids is 1. The number of hydrogen-bond acceptors (Lipinski definition) is 5. The normalized spacial score (nSPS) is 16.3. The van der Waals surface area contributed by atoms with Crippen molar-refractivity contribution in [2.45, 2.75) is 79.8 Å². The lowest BCUT2D eigenvalue weighted by Gasteiger charge is -2.25. The molecule has 0 bridgehead atoms. The molecule has 0 amide bonds. The molecule has 3 heterocycles. The van der Waals surface area contributed by atoms with E-state index in [4.69, 9.17) is 9.73 Å². The van der Waals surface area contributed by atoms with E-state index < -0.39 is 12.0 Å². The number of benzene rings is 2. The molecular weight excluding hydrogens is 530 g/mol. The van der Waals surface area contributed by atoms with Crippen LogP contribution in [0.15, 0.2) is 63.5 Å². The molecule has 5 rings (SSSR count). The summed E-state index contributed by atoms with van der Waals surface area (Å²) in [5.41, 5.74) is 7.50. The van der Waals surface area contributed by atoms with E-state index in [-0.39, 0.29) is 12.2 Å². The van der Waals surface area contributed by atoms with Crippen molar-refractivity contribution in [3.63, 3.8) is 0 Å². The van der Waals surface area contributed by atoms with E-state index in [1.54, 1.807) is 11.5 Å². The first kappa shape index (κ1) is 28.8. The zero-order chi connectivity index (χ0) is 29.6. The molecule has 0 unspecified atom stereocenters. The Balaban J connectivity index is 1.77. The van der Waals surface area contributed by atoms with Crippen LogP contribution in [0, 0.1) is 13.8 Å². The summed E-state index contributed by atoms with van der Waals surface area (Å²) in [6.45, 7) is 16.9. The number of thiazole rings is 1. The van der Waals surface area contributed by atoms with Gasteiger partial charge < -0.3 is 9.30 Å². The number of aromatic nitrogens is 2. The van der Waals surface area contributed by atoms with Gasteiger partial charge in [-0.25, -0.2) is 9.79 Å². The minimum absolute atomic E-state index is 0.155. The Hall–Kier alpha value is -3.71. The van der Waals surface area contributed by atoms with E-state index in [1.807, 2.05) is 25.1 Å². The van der Waals surface area contributed by atoms with Crippen molar-refractivity contribution in [1.29, 1.82) is 0 Å². The summed E-state index contributed by atoms with van der Waals surface area (Å²) in [7, 11) is 0. The summed E-state index contributed by atoms with van der Waals surface area (Å²) in [6, 6.07) is 14.2. The van der Waals surface area contributed by atoms with Crippen LogP contribution in [0.3, 0.4) is 0 Å². The summed E-state index contributed by atoms with van der Waals surface area (Å²) in [5.74, 6) is -0.0683. The monoisotopic (exact) mass is 569 g/mol. The molecule has 4 aromatic rings. The Morgan fingerprint density at radius 3 is 2.41 bits per heavy atom. The maximum absolute atomic E-state index is 14.2. The highest BCUT2D eigenvalue weighted by molar-refractivity contribution is 7.07. The topological polar surface area (TPSA) is 65.6 Å². The zero-order valence-electron chi connectivity index (χ0n) is 25.2. The Morgan fingerprint density at radius 1 is 1.07 bits per heavy atom. The van der Waals surface area contributed by atoms with Crippen molar-refractivity contribution < 1.29 is 9.53 Å². The van der Waals surface area contributed by atoms with Crippen LogP contribution in [0.4, 0.5) is 0 Å². The largest absolute Gasteiger partial charge is 0.463 e. The third kappa shape index (κ3) is 4.90. The van der Waals surface area contributed by atoms with Crippen LogP contribution >= 0.6 is 11.3 Å². The van der Waals surface area contributed by atoms with Crippen molar-refractivity contribution in [1.82, 2.24) is 9.13 Å². The maximum atomic E-state index is 14.2. The van der Waals surface area contributed by atoms with Crippen molar-refractivity contribution in [3.8, 4) is 0 Å². The molecule has 1 aliphatic heterocycles. The van der Waals surface area contributed by atoms with Crippen molar-refractivity contribution in [2.75, 3.05) is 6.61 Å². The van der Waals surface area contributed by atoms with Crippen LogP contribution in [-0.2, 0) is 9.53 Å². The predicted octanol–water partition coefficient (Wildman–Crippen LogP) is 6.46. The fraction of sp³-hybridized carbons (Fsp3) is 0.382. The van der Waals surface area contributed by atoms with E-state index in [9.17, 15) is 9.59 Å². The first-order valence-corrected chi connectivity index (χ1v) is 15.3. The molecule has 214 valence electrons. The van der Waals surface area contributed by atoms with Crippen LogP contribution in [0.1, 0.15) is 93.9 Å². The lowest BCUT2D eigenvalue weighted by atomic mass is 9.93. The van der Waals surface area contributed by atoms with Gasteiger partial charge in [0.2, 0.25) is 0 Å². The highest BCUT2D eigenvalue weighted by atomic mass is 32.1. The van der Waals surface area contributed by atoms with E-state index >= 15 is 0 Å². The SMILES string of the molecule is CCOC(=O)C1=C(C)N=c2s/c(=C\c3c(C)n([C@H](C)CC)c4c(C)cccc34)c(=O)n2[C@@H]1c1ccc(C(C)C)cc1. The van der Waals surface area contributed by atoms with Crippen molar-refractivity contribution in [3.05, 3.63) is 101 Å². The van der Waals surface area contributed by atoms with Gasteiger partial charge in [-0.1, -0.05) is 74.6 Å². The van der Waals surface area contributed by atoms with Gasteiger partial charge in [0.1, 0.15) is 0 Å². The van der Waals surface area contributed by atoms with Crippen molar-refractivity contribution in [2.24, 2.45) is 4.99 Å². The van der Waals surface area contributed by atoms with Gasteiger partial charge in [-0.2, -0.15) is 0 Å². The summed E-state index contributed by atoms with van der Waals surface area (Å²) in [6.07, 6.45) is 3.02. The van der Waals surface area contributed by atoms with Crippen LogP contribution in [0.25, 0.3) is 17.0 Å². The number of allylic oxidation sites excluding steroid dienone is 1. The number of para-hydroxylation sites is 1. The molecule has 0 fully saturated rings. The van der Waals surface area contributed by atoms with Gasteiger partial charge in [0.15, 0.2) is 4.80 Å². The molecule has 2 aromatic heterocycles. The van der Waals surface area contributed by atoms with Gasteiger partial charge in [-0.3, -0.25) is 9.36 Å². The second-order valence-electron chi connectivity index (χ2n) is 11.2. The number of aryl methyl sites for hydroxylation is 1. The fourth-order valence-electron chi connectivity index (χ4n) is 5.91. The number of nitrogens with zero attached hydrogens (tertiary/aromatic N) is 3. The van der Waals surface area contributed by atoms with Crippen LogP contribution in [0.5, 0.6) is 0 Å². The molecule has 0 saturated heterocycles. The van der Waals surface area contributed by atoms with Gasteiger partial charge >= 0.3 is 5.97 Å². The van der Waals surface area contributed by atoms with Gasteiger partial charge in [0.05, 0.1) is 34.0 Å². The average molecular weight is 570 g/mol. The zero-order valence-corrected chi connectivity index (χ0v) is 26.1. The highest BCUT2D eigenvalue weighted by Crippen LogP contribution is 2.34. The molecule has 1 aliphatic rings. The number of esters is 1. The number of hydrogen-bond donors (Lipinski definition) is 0. The number of carbonyl (C=O) groups is 1. The third-order valence-corrected chi connectivity index (χ3v) is 9.25. The Morgan fingerprint density at radius 2 is 1.78 bits per heavy atom. The molecule has 2 atom stereocenters. The predicted molar refractivity (Wildman–Crippen MR) is 167 cm³/mol. The third-order valence-electron chi connectivity index (χ3n) is 8.26. The first-order chi connectivity index (χ1) is 19.6. The van der Waals surface area contributed by atoms with E-state index in [0.29, 0.717) is 32.6 Å². The van der Waals surface area contributed by atoms with Crippen LogP contribution < -0.4 is 14.9 Å². The second kappa shape index (κ2) is 11.3.